The van der Waals surface area contributed by atoms with Crippen LogP contribution in [0, 0.1) is 0 Å². The van der Waals surface area contributed by atoms with Crippen molar-refractivity contribution in [2.24, 2.45) is 0 Å². The van der Waals surface area contributed by atoms with Crippen molar-refractivity contribution >= 4 is 16.5 Å². The van der Waals surface area contributed by atoms with E-state index in [-0.39, 0.29) is 6.61 Å². The maximum atomic E-state index is 8.96. The molecule has 16 heavy (non-hydrogen) atoms. The lowest BCUT2D eigenvalue weighted by Gasteiger charge is -2.18. The van der Waals surface area contributed by atoms with Gasteiger partial charge in [0.15, 0.2) is 5.13 Å². The third-order valence-corrected chi connectivity index (χ3v) is 3.16. The monoisotopic (exact) mass is 243 g/mol. The van der Waals surface area contributed by atoms with E-state index in [9.17, 15) is 0 Å². The van der Waals surface area contributed by atoms with Crippen molar-refractivity contribution in [3.63, 3.8) is 0 Å². The molecule has 1 aromatic heterocycles. The summed E-state index contributed by atoms with van der Waals surface area (Å²) in [4.78, 5) is 7.80. The summed E-state index contributed by atoms with van der Waals surface area (Å²) in [7, 11) is 0. The molecule has 0 unspecified atom stereocenters. The highest BCUT2D eigenvalue weighted by Gasteiger charge is 2.07. The first-order valence-electron chi connectivity index (χ1n) is 5.81. The van der Waals surface area contributed by atoms with Crippen LogP contribution in [0.3, 0.4) is 0 Å². The number of hydrogen-bond acceptors (Lipinski definition) is 5. The van der Waals surface area contributed by atoms with Crippen LogP contribution >= 0.6 is 11.3 Å². The molecule has 1 heterocycles. The molecule has 92 valence electrons. The molecule has 0 aliphatic rings. The minimum atomic E-state index is 0.221. The largest absolute Gasteiger partial charge is 0.395 e. The predicted octanol–water partition coefficient (Wildman–Crippen LogP) is 1.78. The van der Waals surface area contributed by atoms with E-state index in [1.807, 2.05) is 6.20 Å². The second-order valence-electron chi connectivity index (χ2n) is 3.66. The van der Waals surface area contributed by atoms with Gasteiger partial charge in [0.1, 0.15) is 0 Å². The van der Waals surface area contributed by atoms with E-state index < -0.39 is 0 Å². The van der Waals surface area contributed by atoms with Gasteiger partial charge >= 0.3 is 0 Å². The van der Waals surface area contributed by atoms with E-state index >= 15 is 0 Å². The normalized spacial score (nSPS) is 11.0. The highest BCUT2D eigenvalue weighted by molar-refractivity contribution is 7.15. The summed E-state index contributed by atoms with van der Waals surface area (Å²) in [6.07, 6.45) is 3.03. The topological polar surface area (TPSA) is 48.4 Å². The third-order valence-electron chi connectivity index (χ3n) is 2.22. The average Bonchev–Trinajstić information content (AvgIpc) is 2.67. The molecule has 0 aromatic carbocycles. The Balaban J connectivity index is 2.48. The zero-order valence-corrected chi connectivity index (χ0v) is 10.9. The number of aliphatic hydroxyl groups is 1. The molecule has 0 fully saturated rings. The van der Waals surface area contributed by atoms with Gasteiger partial charge < -0.3 is 10.4 Å². The molecular formula is C11H21N3OS. The van der Waals surface area contributed by atoms with E-state index in [2.05, 4.69) is 29.0 Å². The van der Waals surface area contributed by atoms with Crippen molar-refractivity contribution in [3.05, 3.63) is 11.1 Å². The SMILES string of the molecule is CCCN(CCO)Cc1cnc(NCC)s1. The fraction of sp³-hybridized carbons (Fsp3) is 0.727. The van der Waals surface area contributed by atoms with E-state index in [0.29, 0.717) is 0 Å². The van der Waals surface area contributed by atoms with Gasteiger partial charge in [0.05, 0.1) is 6.61 Å². The van der Waals surface area contributed by atoms with Crippen LogP contribution in [0.15, 0.2) is 6.20 Å². The molecule has 5 heteroatoms. The fourth-order valence-corrected chi connectivity index (χ4v) is 2.48. The van der Waals surface area contributed by atoms with Crippen molar-refractivity contribution < 1.29 is 5.11 Å². The van der Waals surface area contributed by atoms with Crippen LogP contribution in [0.4, 0.5) is 5.13 Å². The Hall–Kier alpha value is -0.650. The van der Waals surface area contributed by atoms with Gasteiger partial charge in [-0.2, -0.15) is 0 Å². The highest BCUT2D eigenvalue weighted by Crippen LogP contribution is 2.19. The van der Waals surface area contributed by atoms with Gasteiger partial charge in [-0.1, -0.05) is 6.92 Å². The maximum absolute atomic E-state index is 8.96. The van der Waals surface area contributed by atoms with Crippen LogP contribution in [-0.2, 0) is 6.54 Å². The Morgan fingerprint density at radius 3 is 2.88 bits per heavy atom. The minimum absolute atomic E-state index is 0.221. The number of hydrogen-bond donors (Lipinski definition) is 2. The Labute approximate surface area is 101 Å². The van der Waals surface area contributed by atoms with Crippen LogP contribution in [0.2, 0.25) is 0 Å². The lowest BCUT2D eigenvalue weighted by molar-refractivity contribution is 0.191. The molecule has 0 radical (unpaired) electrons. The number of thiazole rings is 1. The summed E-state index contributed by atoms with van der Waals surface area (Å²) in [5.41, 5.74) is 0. The molecule has 0 saturated heterocycles. The molecule has 4 nitrogen and oxygen atoms in total. The Morgan fingerprint density at radius 1 is 1.44 bits per heavy atom. The molecular weight excluding hydrogens is 222 g/mol. The van der Waals surface area contributed by atoms with E-state index in [1.54, 1.807) is 11.3 Å². The Kier molecular flexibility index (Phi) is 6.37. The first-order chi connectivity index (χ1) is 7.80. The summed E-state index contributed by atoms with van der Waals surface area (Å²) in [6.45, 7) is 7.99. The molecule has 0 aliphatic heterocycles. The smallest absolute Gasteiger partial charge is 0.182 e. The van der Waals surface area contributed by atoms with Gasteiger partial charge in [-0.15, -0.1) is 11.3 Å². The van der Waals surface area contributed by atoms with Crippen molar-refractivity contribution in [1.29, 1.82) is 0 Å². The van der Waals surface area contributed by atoms with E-state index in [4.69, 9.17) is 5.11 Å². The molecule has 1 rings (SSSR count). The van der Waals surface area contributed by atoms with Gasteiger partial charge in [-0.25, -0.2) is 4.98 Å². The van der Waals surface area contributed by atoms with Crippen LogP contribution in [0.25, 0.3) is 0 Å². The van der Waals surface area contributed by atoms with Gasteiger partial charge in [0.2, 0.25) is 0 Å². The summed E-state index contributed by atoms with van der Waals surface area (Å²) >= 11 is 1.69. The fourth-order valence-electron chi connectivity index (χ4n) is 1.56. The molecule has 2 N–H and O–H groups in total. The van der Waals surface area contributed by atoms with Crippen molar-refractivity contribution in [2.45, 2.75) is 26.8 Å². The van der Waals surface area contributed by atoms with Crippen LogP contribution in [0.5, 0.6) is 0 Å². The zero-order valence-electron chi connectivity index (χ0n) is 10.1. The first-order valence-corrected chi connectivity index (χ1v) is 6.63. The molecule has 0 atom stereocenters. The number of aromatic nitrogens is 1. The molecule has 0 saturated carbocycles. The zero-order chi connectivity index (χ0) is 11.8. The van der Waals surface area contributed by atoms with E-state index in [1.165, 1.54) is 4.88 Å². The first kappa shape index (κ1) is 13.4. The second kappa shape index (κ2) is 7.60. The summed E-state index contributed by atoms with van der Waals surface area (Å²) in [5, 5.41) is 13.2. The summed E-state index contributed by atoms with van der Waals surface area (Å²) in [5.74, 6) is 0. The highest BCUT2D eigenvalue weighted by atomic mass is 32.1. The van der Waals surface area contributed by atoms with Gasteiger partial charge in [-0.3, -0.25) is 4.90 Å². The molecule has 0 spiro atoms. The Morgan fingerprint density at radius 2 is 2.25 bits per heavy atom. The maximum Gasteiger partial charge on any atom is 0.182 e. The second-order valence-corrected chi connectivity index (χ2v) is 4.78. The lowest BCUT2D eigenvalue weighted by atomic mass is 10.4. The summed E-state index contributed by atoms with van der Waals surface area (Å²) in [6, 6.07) is 0. The van der Waals surface area contributed by atoms with Crippen LogP contribution in [-0.4, -0.2) is 41.2 Å². The van der Waals surface area contributed by atoms with Crippen LogP contribution < -0.4 is 5.32 Å². The number of aliphatic hydroxyl groups excluding tert-OH is 1. The van der Waals surface area contributed by atoms with Crippen molar-refractivity contribution in [2.75, 3.05) is 31.6 Å². The number of nitrogens with zero attached hydrogens (tertiary/aromatic N) is 2. The van der Waals surface area contributed by atoms with Gasteiger partial charge in [-0.05, 0) is 19.9 Å². The Bertz CT molecular complexity index is 285. The summed E-state index contributed by atoms with van der Waals surface area (Å²) < 4.78 is 0. The van der Waals surface area contributed by atoms with E-state index in [0.717, 1.165) is 37.7 Å². The number of rotatable bonds is 8. The quantitative estimate of drug-likeness (QED) is 0.730. The lowest BCUT2D eigenvalue weighted by Crippen LogP contribution is -2.26. The molecule has 1 aromatic rings. The predicted molar refractivity (Wildman–Crippen MR) is 68.9 cm³/mol. The number of anilines is 1. The number of nitrogens with one attached hydrogen (secondary N) is 1. The van der Waals surface area contributed by atoms with Crippen molar-refractivity contribution in [3.8, 4) is 0 Å². The molecule has 0 bridgehead atoms. The van der Waals surface area contributed by atoms with Crippen LogP contribution in [0.1, 0.15) is 25.1 Å². The standard InChI is InChI=1S/C11H21N3OS/c1-3-5-14(6-7-15)9-10-8-13-11(16-10)12-4-2/h8,15H,3-7,9H2,1-2H3,(H,12,13). The average molecular weight is 243 g/mol. The molecule has 0 amide bonds. The molecule has 0 aliphatic carbocycles. The van der Waals surface area contributed by atoms with Gasteiger partial charge in [0.25, 0.3) is 0 Å². The third kappa shape index (κ3) is 4.47. The van der Waals surface area contributed by atoms with Crippen molar-refractivity contribution in [1.82, 2.24) is 9.88 Å². The van der Waals surface area contributed by atoms with Gasteiger partial charge in [0, 0.05) is 30.7 Å². The minimum Gasteiger partial charge on any atom is -0.395 e.